The number of sulfone groups is 1. The molecule has 3 atom stereocenters. The van der Waals surface area contributed by atoms with Gasteiger partial charge in [-0.3, -0.25) is 9.59 Å². The Balaban J connectivity index is 1.30. The molecule has 1 saturated carbocycles. The van der Waals surface area contributed by atoms with Crippen LogP contribution in [0.2, 0.25) is 0 Å². The SMILES string of the molecule is O=C(Nc1ccc2c(c1)OCO2)C1CC1C(=O)NC1CCS(=O)(=O)C1. The standard InChI is InChI=1S/C16H18N2O6S/c19-15(17-9-1-2-13-14(5-9)24-8-23-13)11-6-12(11)16(20)18-10-3-4-25(21,22)7-10/h1-2,5,10-12H,3-4,6-8H2,(H,17,19)(H,18,20). The van der Waals surface area contributed by atoms with E-state index in [0.717, 1.165) is 0 Å². The number of benzene rings is 1. The number of hydrogen-bond acceptors (Lipinski definition) is 6. The van der Waals surface area contributed by atoms with Crippen molar-refractivity contribution in [3.05, 3.63) is 18.2 Å². The molecule has 8 nitrogen and oxygen atoms in total. The fraction of sp³-hybridized carbons (Fsp3) is 0.500. The van der Waals surface area contributed by atoms with Gasteiger partial charge in [-0.2, -0.15) is 0 Å². The number of rotatable bonds is 4. The van der Waals surface area contributed by atoms with Crippen LogP contribution in [-0.2, 0) is 19.4 Å². The number of nitrogens with one attached hydrogen (secondary N) is 2. The molecule has 2 heterocycles. The Morgan fingerprint density at radius 3 is 2.60 bits per heavy atom. The van der Waals surface area contributed by atoms with Crippen LogP contribution in [0.1, 0.15) is 12.8 Å². The summed E-state index contributed by atoms with van der Waals surface area (Å²) >= 11 is 0. The minimum atomic E-state index is -3.04. The predicted octanol–water partition coefficient (Wildman–Crippen LogP) is 0.293. The molecule has 4 rings (SSSR count). The molecule has 2 fully saturated rings. The van der Waals surface area contributed by atoms with Crippen LogP contribution in [0.3, 0.4) is 0 Å². The zero-order valence-electron chi connectivity index (χ0n) is 13.4. The molecule has 0 radical (unpaired) electrons. The van der Waals surface area contributed by atoms with Crippen LogP contribution in [0, 0.1) is 11.8 Å². The number of carbonyl (C=O) groups excluding carboxylic acids is 2. The monoisotopic (exact) mass is 366 g/mol. The van der Waals surface area contributed by atoms with Gasteiger partial charge in [0.05, 0.1) is 23.3 Å². The second-order valence-corrected chi connectivity index (χ2v) is 8.84. The van der Waals surface area contributed by atoms with Crippen LogP contribution in [0.25, 0.3) is 0 Å². The maximum atomic E-state index is 12.3. The Morgan fingerprint density at radius 2 is 1.84 bits per heavy atom. The van der Waals surface area contributed by atoms with E-state index in [4.69, 9.17) is 9.47 Å². The van der Waals surface area contributed by atoms with Gasteiger partial charge in [0.1, 0.15) is 0 Å². The molecule has 25 heavy (non-hydrogen) atoms. The Hall–Kier alpha value is -2.29. The van der Waals surface area contributed by atoms with Crippen LogP contribution in [0.15, 0.2) is 18.2 Å². The van der Waals surface area contributed by atoms with Crippen LogP contribution < -0.4 is 20.1 Å². The topological polar surface area (TPSA) is 111 Å². The molecule has 1 aliphatic carbocycles. The zero-order valence-corrected chi connectivity index (χ0v) is 14.2. The lowest BCUT2D eigenvalue weighted by molar-refractivity contribution is -0.125. The molecule has 134 valence electrons. The molecule has 3 aliphatic rings. The average Bonchev–Trinajstić information content (AvgIpc) is 3.11. The number of carbonyl (C=O) groups is 2. The van der Waals surface area contributed by atoms with Crippen molar-refractivity contribution in [3.63, 3.8) is 0 Å². The first-order valence-electron chi connectivity index (χ1n) is 8.12. The fourth-order valence-corrected chi connectivity index (χ4v) is 4.87. The molecule has 1 aromatic carbocycles. The zero-order chi connectivity index (χ0) is 17.6. The summed E-state index contributed by atoms with van der Waals surface area (Å²) in [6, 6.07) is 4.78. The van der Waals surface area contributed by atoms with Gasteiger partial charge in [-0.15, -0.1) is 0 Å². The summed E-state index contributed by atoms with van der Waals surface area (Å²) in [5.41, 5.74) is 0.585. The number of anilines is 1. The summed E-state index contributed by atoms with van der Waals surface area (Å²) in [6.07, 6.45) is 0.913. The van der Waals surface area contributed by atoms with E-state index >= 15 is 0 Å². The predicted molar refractivity (Wildman–Crippen MR) is 88.0 cm³/mol. The highest BCUT2D eigenvalue weighted by Crippen LogP contribution is 2.40. The minimum absolute atomic E-state index is 0.0144. The van der Waals surface area contributed by atoms with Gasteiger partial charge in [0.25, 0.3) is 0 Å². The maximum absolute atomic E-state index is 12.3. The Kier molecular flexibility index (Phi) is 3.82. The summed E-state index contributed by atoms with van der Waals surface area (Å²) in [7, 11) is -3.04. The lowest BCUT2D eigenvalue weighted by Crippen LogP contribution is -2.37. The first kappa shape index (κ1) is 16.2. The number of ether oxygens (including phenoxy) is 2. The van der Waals surface area contributed by atoms with E-state index in [1.165, 1.54) is 0 Å². The van der Waals surface area contributed by atoms with Crippen molar-refractivity contribution in [1.29, 1.82) is 0 Å². The molecule has 9 heteroatoms. The number of fused-ring (bicyclic) bond motifs is 1. The van der Waals surface area contributed by atoms with Gasteiger partial charge in [-0.1, -0.05) is 0 Å². The van der Waals surface area contributed by atoms with Crippen molar-refractivity contribution < 1.29 is 27.5 Å². The molecule has 3 unspecified atom stereocenters. The van der Waals surface area contributed by atoms with E-state index in [0.29, 0.717) is 30.0 Å². The number of hydrogen-bond donors (Lipinski definition) is 2. The minimum Gasteiger partial charge on any atom is -0.454 e. The van der Waals surface area contributed by atoms with Crippen LogP contribution in [-0.4, -0.2) is 44.6 Å². The lowest BCUT2D eigenvalue weighted by atomic mass is 10.2. The van der Waals surface area contributed by atoms with E-state index < -0.39 is 15.8 Å². The van der Waals surface area contributed by atoms with E-state index in [1.807, 2.05) is 0 Å². The first-order chi connectivity index (χ1) is 11.9. The molecule has 1 saturated heterocycles. The molecule has 0 bridgehead atoms. The maximum Gasteiger partial charge on any atom is 0.231 e. The quantitative estimate of drug-likeness (QED) is 0.793. The highest BCUT2D eigenvalue weighted by Gasteiger charge is 2.48. The molecule has 2 aliphatic heterocycles. The fourth-order valence-electron chi connectivity index (χ4n) is 3.20. The van der Waals surface area contributed by atoms with Gasteiger partial charge in [0.2, 0.25) is 18.6 Å². The van der Waals surface area contributed by atoms with Crippen molar-refractivity contribution in [1.82, 2.24) is 5.32 Å². The van der Waals surface area contributed by atoms with Gasteiger partial charge in [-0.05, 0) is 25.0 Å². The molecule has 0 aromatic heterocycles. The molecular weight excluding hydrogens is 348 g/mol. The van der Waals surface area contributed by atoms with Crippen molar-refractivity contribution >= 4 is 27.3 Å². The van der Waals surface area contributed by atoms with E-state index in [9.17, 15) is 18.0 Å². The highest BCUT2D eigenvalue weighted by atomic mass is 32.2. The molecule has 0 spiro atoms. The second kappa shape index (κ2) is 5.91. The van der Waals surface area contributed by atoms with Crippen LogP contribution in [0.4, 0.5) is 5.69 Å². The van der Waals surface area contributed by atoms with Gasteiger partial charge in [-0.25, -0.2) is 8.42 Å². The highest BCUT2D eigenvalue weighted by molar-refractivity contribution is 7.91. The molecule has 1 aromatic rings. The summed E-state index contributed by atoms with van der Waals surface area (Å²) in [5.74, 6) is 0.0566. The van der Waals surface area contributed by atoms with E-state index in [-0.39, 0.29) is 42.1 Å². The molecule has 2 amide bonds. The third-order valence-corrected chi connectivity index (χ3v) is 6.45. The van der Waals surface area contributed by atoms with Crippen molar-refractivity contribution in [3.8, 4) is 11.5 Å². The average molecular weight is 366 g/mol. The van der Waals surface area contributed by atoms with E-state index in [2.05, 4.69) is 10.6 Å². The Morgan fingerprint density at radius 1 is 1.08 bits per heavy atom. The van der Waals surface area contributed by atoms with Gasteiger partial charge < -0.3 is 20.1 Å². The van der Waals surface area contributed by atoms with Gasteiger partial charge in [0.15, 0.2) is 21.3 Å². The van der Waals surface area contributed by atoms with Crippen LogP contribution >= 0.6 is 0 Å². The van der Waals surface area contributed by atoms with Gasteiger partial charge in [0, 0.05) is 17.8 Å². The van der Waals surface area contributed by atoms with Crippen molar-refractivity contribution in [2.24, 2.45) is 11.8 Å². The summed E-state index contributed by atoms with van der Waals surface area (Å²) < 4.78 is 33.3. The largest absolute Gasteiger partial charge is 0.454 e. The normalized spacial score (nSPS) is 28.4. The Labute approximate surface area is 144 Å². The summed E-state index contributed by atoms with van der Waals surface area (Å²) in [4.78, 5) is 24.4. The molecular formula is C16H18N2O6S. The van der Waals surface area contributed by atoms with Gasteiger partial charge >= 0.3 is 0 Å². The van der Waals surface area contributed by atoms with Crippen molar-refractivity contribution in [2.75, 3.05) is 23.6 Å². The third kappa shape index (κ3) is 3.41. The van der Waals surface area contributed by atoms with Crippen molar-refractivity contribution in [2.45, 2.75) is 18.9 Å². The van der Waals surface area contributed by atoms with Crippen LogP contribution in [0.5, 0.6) is 11.5 Å². The molecule has 2 N–H and O–H groups in total. The summed E-state index contributed by atoms with van der Waals surface area (Å²) in [5, 5.41) is 5.52. The summed E-state index contributed by atoms with van der Waals surface area (Å²) in [6.45, 7) is 0.161. The number of amides is 2. The van der Waals surface area contributed by atoms with E-state index in [1.54, 1.807) is 18.2 Å². The lowest BCUT2D eigenvalue weighted by Gasteiger charge is -2.10. The second-order valence-electron chi connectivity index (χ2n) is 6.61. The first-order valence-corrected chi connectivity index (χ1v) is 9.95. The third-order valence-electron chi connectivity index (χ3n) is 4.68. The smallest absolute Gasteiger partial charge is 0.231 e. The Bertz CT molecular complexity index is 837.